The molecule has 0 aromatic carbocycles. The minimum absolute atomic E-state index is 0.0390. The number of carbonyl (C=O) groups is 1. The lowest BCUT2D eigenvalue weighted by Gasteiger charge is -2.19. The van der Waals surface area contributed by atoms with Gasteiger partial charge in [0.2, 0.25) is 5.76 Å². The molecule has 0 aliphatic heterocycles. The van der Waals surface area contributed by atoms with Crippen molar-refractivity contribution in [2.24, 2.45) is 11.7 Å². The van der Waals surface area contributed by atoms with E-state index >= 15 is 0 Å². The van der Waals surface area contributed by atoms with Crippen LogP contribution in [0.15, 0.2) is 10.6 Å². The van der Waals surface area contributed by atoms with Crippen molar-refractivity contribution in [2.75, 3.05) is 6.54 Å². The van der Waals surface area contributed by atoms with Crippen LogP contribution in [0.4, 0.5) is 0 Å². The van der Waals surface area contributed by atoms with Gasteiger partial charge in [0.15, 0.2) is 0 Å². The first kappa shape index (κ1) is 11.7. The molecule has 1 aromatic heterocycles. The van der Waals surface area contributed by atoms with E-state index in [0.717, 1.165) is 0 Å². The van der Waals surface area contributed by atoms with Crippen LogP contribution >= 0.6 is 0 Å². The number of carbonyl (C=O) groups excluding carboxylic acids is 1. The maximum Gasteiger partial charge on any atom is 0.290 e. The number of aromatic nitrogens is 1. The third kappa shape index (κ3) is 3.06. The Hall–Kier alpha value is -1.36. The van der Waals surface area contributed by atoms with E-state index in [1.165, 1.54) is 0 Å². The first-order valence-electron chi connectivity index (χ1n) is 4.98. The molecule has 0 aliphatic carbocycles. The summed E-state index contributed by atoms with van der Waals surface area (Å²) in [5, 5.41) is 6.45. The highest BCUT2D eigenvalue weighted by Crippen LogP contribution is 2.05. The van der Waals surface area contributed by atoms with E-state index < -0.39 is 0 Å². The van der Waals surface area contributed by atoms with Gasteiger partial charge in [0.25, 0.3) is 5.91 Å². The van der Waals surface area contributed by atoms with Gasteiger partial charge in [0.1, 0.15) is 0 Å². The van der Waals surface area contributed by atoms with Gasteiger partial charge in [0, 0.05) is 18.7 Å². The zero-order chi connectivity index (χ0) is 11.4. The molecule has 1 unspecified atom stereocenters. The van der Waals surface area contributed by atoms with E-state index in [4.69, 9.17) is 10.3 Å². The zero-order valence-corrected chi connectivity index (χ0v) is 9.28. The van der Waals surface area contributed by atoms with E-state index in [9.17, 15) is 4.79 Å². The van der Waals surface area contributed by atoms with Crippen molar-refractivity contribution in [3.63, 3.8) is 0 Å². The number of nitrogens with zero attached hydrogens (tertiary/aromatic N) is 1. The lowest BCUT2D eigenvalue weighted by molar-refractivity contribution is 0.0890. The van der Waals surface area contributed by atoms with E-state index in [1.54, 1.807) is 13.0 Å². The molecule has 0 radical (unpaired) electrons. The Kier molecular flexibility index (Phi) is 3.85. The molecule has 0 spiro atoms. The lowest BCUT2D eigenvalue weighted by Crippen LogP contribution is -2.43. The number of hydrogen-bond donors (Lipinski definition) is 2. The zero-order valence-electron chi connectivity index (χ0n) is 9.28. The molecule has 1 heterocycles. The van der Waals surface area contributed by atoms with Crippen LogP contribution in [0.25, 0.3) is 0 Å². The number of nitrogens with two attached hydrogens (primary N) is 1. The number of rotatable bonds is 4. The third-order valence-electron chi connectivity index (χ3n) is 2.23. The minimum Gasteiger partial charge on any atom is -0.351 e. The number of nitrogens with one attached hydrogen (secondary N) is 1. The molecule has 5 heteroatoms. The smallest absolute Gasteiger partial charge is 0.290 e. The maximum absolute atomic E-state index is 11.6. The Bertz CT molecular complexity index is 333. The van der Waals surface area contributed by atoms with Gasteiger partial charge in [-0.3, -0.25) is 4.79 Å². The summed E-state index contributed by atoms with van der Waals surface area (Å²) < 4.78 is 4.85. The van der Waals surface area contributed by atoms with Gasteiger partial charge in [-0.1, -0.05) is 19.0 Å². The SMILES string of the molecule is Cc1cc(C(=O)NC(CN)C(C)C)on1. The van der Waals surface area contributed by atoms with Crippen molar-refractivity contribution in [1.29, 1.82) is 0 Å². The average Bonchev–Trinajstić information content (AvgIpc) is 2.60. The van der Waals surface area contributed by atoms with Crippen molar-refractivity contribution in [2.45, 2.75) is 26.8 Å². The number of aryl methyl sites for hydroxylation is 1. The second-order valence-corrected chi connectivity index (χ2v) is 3.89. The highest BCUT2D eigenvalue weighted by Gasteiger charge is 2.18. The van der Waals surface area contributed by atoms with Crippen LogP contribution in [0.5, 0.6) is 0 Å². The predicted octanol–water partition coefficient (Wildman–Crippen LogP) is 0.696. The van der Waals surface area contributed by atoms with Crippen molar-refractivity contribution >= 4 is 5.91 Å². The van der Waals surface area contributed by atoms with Crippen LogP contribution in [0.3, 0.4) is 0 Å². The highest BCUT2D eigenvalue weighted by atomic mass is 16.5. The second-order valence-electron chi connectivity index (χ2n) is 3.89. The monoisotopic (exact) mass is 211 g/mol. The molecule has 1 aromatic rings. The van der Waals surface area contributed by atoms with Crippen LogP contribution in [0, 0.1) is 12.8 Å². The molecule has 5 nitrogen and oxygen atoms in total. The topological polar surface area (TPSA) is 81.2 Å². The summed E-state index contributed by atoms with van der Waals surface area (Å²) in [4.78, 5) is 11.6. The fourth-order valence-corrected chi connectivity index (χ4v) is 1.21. The van der Waals surface area contributed by atoms with Gasteiger partial charge < -0.3 is 15.6 Å². The Labute approximate surface area is 89.0 Å². The largest absolute Gasteiger partial charge is 0.351 e. The Balaban J connectivity index is 2.62. The van der Waals surface area contributed by atoms with Crippen molar-refractivity contribution in [1.82, 2.24) is 10.5 Å². The quantitative estimate of drug-likeness (QED) is 0.768. The Morgan fingerprint density at radius 1 is 1.67 bits per heavy atom. The van der Waals surface area contributed by atoms with Crippen molar-refractivity contribution < 1.29 is 9.32 Å². The molecule has 15 heavy (non-hydrogen) atoms. The average molecular weight is 211 g/mol. The van der Waals surface area contributed by atoms with Gasteiger partial charge in [-0.05, 0) is 12.8 Å². The van der Waals surface area contributed by atoms with Crippen LogP contribution in [-0.4, -0.2) is 23.7 Å². The van der Waals surface area contributed by atoms with Crippen LogP contribution < -0.4 is 11.1 Å². The van der Waals surface area contributed by atoms with Crippen LogP contribution in [0.2, 0.25) is 0 Å². The molecular formula is C10H17N3O2. The third-order valence-corrected chi connectivity index (χ3v) is 2.23. The summed E-state index contributed by atoms with van der Waals surface area (Å²) in [6.45, 7) is 6.19. The summed E-state index contributed by atoms with van der Waals surface area (Å²) in [6.07, 6.45) is 0. The Morgan fingerprint density at radius 2 is 2.33 bits per heavy atom. The van der Waals surface area contributed by atoms with Crippen molar-refractivity contribution in [3.8, 4) is 0 Å². The molecule has 1 atom stereocenters. The van der Waals surface area contributed by atoms with Crippen LogP contribution in [0.1, 0.15) is 30.1 Å². The van der Waals surface area contributed by atoms with Gasteiger partial charge in [-0.15, -0.1) is 0 Å². The molecule has 0 bridgehead atoms. The van der Waals surface area contributed by atoms with Gasteiger partial charge >= 0.3 is 0 Å². The highest BCUT2D eigenvalue weighted by molar-refractivity contribution is 5.91. The molecule has 0 saturated carbocycles. The van der Waals surface area contributed by atoms with Gasteiger partial charge in [0.05, 0.1) is 5.69 Å². The standard InChI is InChI=1S/C10H17N3O2/c1-6(2)8(5-11)12-10(14)9-4-7(3)13-15-9/h4,6,8H,5,11H2,1-3H3,(H,12,14). The fraction of sp³-hybridized carbons (Fsp3) is 0.600. The molecule has 1 rings (SSSR count). The normalized spacial score (nSPS) is 12.9. The molecule has 3 N–H and O–H groups in total. The maximum atomic E-state index is 11.6. The lowest BCUT2D eigenvalue weighted by atomic mass is 10.0. The minimum atomic E-state index is -0.264. The molecule has 0 saturated heterocycles. The molecule has 84 valence electrons. The number of hydrogen-bond acceptors (Lipinski definition) is 4. The fourth-order valence-electron chi connectivity index (χ4n) is 1.21. The first-order valence-corrected chi connectivity index (χ1v) is 4.98. The van der Waals surface area contributed by atoms with Gasteiger partial charge in [-0.25, -0.2) is 0 Å². The van der Waals surface area contributed by atoms with E-state index in [1.807, 2.05) is 13.8 Å². The molecule has 0 fully saturated rings. The van der Waals surface area contributed by atoms with E-state index in [-0.39, 0.29) is 17.7 Å². The van der Waals surface area contributed by atoms with E-state index in [0.29, 0.717) is 18.2 Å². The Morgan fingerprint density at radius 3 is 2.73 bits per heavy atom. The molecule has 0 aliphatic rings. The van der Waals surface area contributed by atoms with E-state index in [2.05, 4.69) is 10.5 Å². The van der Waals surface area contributed by atoms with Crippen molar-refractivity contribution in [3.05, 3.63) is 17.5 Å². The van der Waals surface area contributed by atoms with Gasteiger partial charge in [-0.2, -0.15) is 0 Å². The van der Waals surface area contributed by atoms with Crippen LogP contribution in [-0.2, 0) is 0 Å². The summed E-state index contributed by atoms with van der Waals surface area (Å²) >= 11 is 0. The summed E-state index contributed by atoms with van der Waals surface area (Å²) in [6, 6.07) is 1.56. The molecular weight excluding hydrogens is 194 g/mol. The summed E-state index contributed by atoms with van der Waals surface area (Å²) in [5.41, 5.74) is 6.23. The first-order chi connectivity index (χ1) is 7.04. The summed E-state index contributed by atoms with van der Waals surface area (Å²) in [5.74, 6) is 0.259. The number of amides is 1. The summed E-state index contributed by atoms with van der Waals surface area (Å²) in [7, 11) is 0. The molecule has 1 amide bonds. The second kappa shape index (κ2) is 4.93. The predicted molar refractivity (Wildman–Crippen MR) is 56.4 cm³/mol.